The van der Waals surface area contributed by atoms with Crippen LogP contribution in [0.5, 0.6) is 0 Å². The molecular weight excluding hydrogens is 332 g/mol. The number of carbonyl (C=O) groups is 1. The molecule has 128 valence electrons. The minimum atomic E-state index is -0.525. The molecule has 0 aliphatic carbocycles. The maximum atomic E-state index is 11.7. The van der Waals surface area contributed by atoms with Crippen LogP contribution in [0.15, 0.2) is 24.3 Å². The molecule has 0 spiro atoms. The Morgan fingerprint density at radius 1 is 1.21 bits per heavy atom. The van der Waals surface area contributed by atoms with Gasteiger partial charge in [-0.3, -0.25) is 5.32 Å². The van der Waals surface area contributed by atoms with Gasteiger partial charge < -0.3 is 15.0 Å². The monoisotopic (exact) mass is 350 g/mol. The molecule has 0 saturated carbocycles. The van der Waals surface area contributed by atoms with Crippen LogP contribution in [0.4, 0.5) is 22.4 Å². The van der Waals surface area contributed by atoms with E-state index >= 15 is 0 Å². The zero-order valence-electron chi connectivity index (χ0n) is 13.7. The second kappa shape index (κ2) is 8.30. The summed E-state index contributed by atoms with van der Waals surface area (Å²) in [6.45, 7) is 2.47. The third kappa shape index (κ3) is 5.54. The normalized spacial score (nSPS) is 10.2. The van der Waals surface area contributed by atoms with Crippen molar-refractivity contribution in [1.82, 2.24) is 15.0 Å². The summed E-state index contributed by atoms with van der Waals surface area (Å²) in [5, 5.41) is 5.66. The van der Waals surface area contributed by atoms with E-state index in [9.17, 15) is 4.79 Å². The number of benzene rings is 1. The predicted molar refractivity (Wildman–Crippen MR) is 93.8 cm³/mol. The standard InChI is InChI=1S/C15H19ClN6O2/c1-10-4-6-11(7-5-10)18-15(23)24-9-8-17-13-19-12(16)20-14(21-13)22(2)3/h4-7H,8-9H2,1-3H3,(H,18,23)(H,17,19,20,21). The topological polar surface area (TPSA) is 92.3 Å². The Bertz CT molecular complexity index is 693. The number of carbonyl (C=O) groups excluding carboxylic acids is 1. The van der Waals surface area contributed by atoms with Crippen LogP contribution in [0.2, 0.25) is 5.28 Å². The van der Waals surface area contributed by atoms with Crippen LogP contribution in [0, 0.1) is 6.92 Å². The highest BCUT2D eigenvalue weighted by Crippen LogP contribution is 2.11. The Balaban J connectivity index is 1.76. The molecule has 0 bridgehead atoms. The van der Waals surface area contributed by atoms with Gasteiger partial charge in [0, 0.05) is 19.8 Å². The molecule has 2 N–H and O–H groups in total. The van der Waals surface area contributed by atoms with E-state index in [4.69, 9.17) is 16.3 Å². The first-order valence-electron chi connectivity index (χ1n) is 7.27. The summed E-state index contributed by atoms with van der Waals surface area (Å²) >= 11 is 5.83. The summed E-state index contributed by atoms with van der Waals surface area (Å²) in [5.74, 6) is 0.761. The van der Waals surface area contributed by atoms with Crippen LogP contribution >= 0.6 is 11.6 Å². The van der Waals surface area contributed by atoms with Crippen molar-refractivity contribution in [3.8, 4) is 0 Å². The zero-order valence-corrected chi connectivity index (χ0v) is 14.5. The number of hydrogen-bond donors (Lipinski definition) is 2. The van der Waals surface area contributed by atoms with Gasteiger partial charge in [0.1, 0.15) is 6.61 Å². The van der Waals surface area contributed by atoms with E-state index in [0.29, 0.717) is 24.1 Å². The summed E-state index contributed by atoms with van der Waals surface area (Å²) in [4.78, 5) is 25.5. The fourth-order valence-corrected chi connectivity index (χ4v) is 1.87. The molecule has 0 aliphatic rings. The summed E-state index contributed by atoms with van der Waals surface area (Å²) in [5.41, 5.74) is 1.80. The minimum Gasteiger partial charge on any atom is -0.447 e. The Morgan fingerprint density at radius 2 is 1.92 bits per heavy atom. The zero-order chi connectivity index (χ0) is 17.5. The maximum absolute atomic E-state index is 11.7. The molecule has 0 atom stereocenters. The SMILES string of the molecule is Cc1ccc(NC(=O)OCCNc2nc(Cl)nc(N(C)C)n2)cc1. The molecule has 1 aromatic heterocycles. The number of rotatable bonds is 6. The van der Waals surface area contributed by atoms with E-state index in [2.05, 4.69) is 25.6 Å². The first-order chi connectivity index (χ1) is 11.4. The van der Waals surface area contributed by atoms with Gasteiger partial charge in [-0.2, -0.15) is 15.0 Å². The number of halogens is 1. The third-order valence-electron chi connectivity index (χ3n) is 2.91. The third-order valence-corrected chi connectivity index (χ3v) is 3.08. The Kier molecular flexibility index (Phi) is 6.14. The van der Waals surface area contributed by atoms with E-state index in [1.54, 1.807) is 19.0 Å². The summed E-state index contributed by atoms with van der Waals surface area (Å²) in [6, 6.07) is 7.43. The Hall–Kier alpha value is -2.61. The van der Waals surface area contributed by atoms with Gasteiger partial charge in [0.15, 0.2) is 0 Å². The summed E-state index contributed by atoms with van der Waals surface area (Å²) in [6.07, 6.45) is -0.525. The van der Waals surface area contributed by atoms with Crippen molar-refractivity contribution in [2.24, 2.45) is 0 Å². The molecule has 0 saturated heterocycles. The summed E-state index contributed by atoms with van der Waals surface area (Å²) < 4.78 is 5.08. The second-order valence-electron chi connectivity index (χ2n) is 5.18. The van der Waals surface area contributed by atoms with E-state index in [1.165, 1.54) is 0 Å². The first kappa shape index (κ1) is 17.7. The highest BCUT2D eigenvalue weighted by atomic mass is 35.5. The van der Waals surface area contributed by atoms with Gasteiger partial charge in [0.25, 0.3) is 0 Å². The number of ether oxygens (including phenoxy) is 1. The van der Waals surface area contributed by atoms with E-state index in [-0.39, 0.29) is 11.9 Å². The molecule has 0 radical (unpaired) electrons. The van der Waals surface area contributed by atoms with E-state index < -0.39 is 6.09 Å². The van der Waals surface area contributed by atoms with Gasteiger partial charge in [-0.05, 0) is 30.7 Å². The van der Waals surface area contributed by atoms with Gasteiger partial charge >= 0.3 is 6.09 Å². The van der Waals surface area contributed by atoms with Crippen molar-refractivity contribution in [1.29, 1.82) is 0 Å². The van der Waals surface area contributed by atoms with Gasteiger partial charge in [0.2, 0.25) is 17.2 Å². The van der Waals surface area contributed by atoms with Crippen molar-refractivity contribution >= 4 is 35.3 Å². The van der Waals surface area contributed by atoms with Crippen LogP contribution < -0.4 is 15.5 Å². The molecule has 1 heterocycles. The van der Waals surface area contributed by atoms with Crippen LogP contribution in [0.1, 0.15) is 5.56 Å². The lowest BCUT2D eigenvalue weighted by atomic mass is 10.2. The fraction of sp³-hybridized carbons (Fsp3) is 0.333. The average molecular weight is 351 g/mol. The molecule has 1 aromatic carbocycles. The molecule has 0 fully saturated rings. The average Bonchev–Trinajstić information content (AvgIpc) is 2.53. The molecule has 8 nitrogen and oxygen atoms in total. The van der Waals surface area contributed by atoms with Gasteiger partial charge in [-0.15, -0.1) is 0 Å². The van der Waals surface area contributed by atoms with Crippen LogP contribution in [0.25, 0.3) is 0 Å². The second-order valence-corrected chi connectivity index (χ2v) is 5.51. The lowest BCUT2D eigenvalue weighted by Gasteiger charge is -2.12. The lowest BCUT2D eigenvalue weighted by molar-refractivity contribution is 0.166. The molecule has 0 unspecified atom stereocenters. The van der Waals surface area contributed by atoms with Crippen LogP contribution in [0.3, 0.4) is 0 Å². The maximum Gasteiger partial charge on any atom is 0.411 e. The number of aromatic nitrogens is 3. The molecule has 2 rings (SSSR count). The Morgan fingerprint density at radius 3 is 2.58 bits per heavy atom. The number of nitrogens with zero attached hydrogens (tertiary/aromatic N) is 4. The van der Waals surface area contributed by atoms with Crippen LogP contribution in [-0.2, 0) is 4.74 Å². The number of anilines is 3. The largest absolute Gasteiger partial charge is 0.447 e. The highest BCUT2D eigenvalue weighted by Gasteiger charge is 2.07. The number of aryl methyl sites for hydroxylation is 1. The number of amides is 1. The molecule has 0 aliphatic heterocycles. The first-order valence-corrected chi connectivity index (χ1v) is 7.65. The smallest absolute Gasteiger partial charge is 0.411 e. The van der Waals surface area contributed by atoms with Crippen molar-refractivity contribution in [3.05, 3.63) is 35.1 Å². The minimum absolute atomic E-state index is 0.0919. The highest BCUT2D eigenvalue weighted by molar-refractivity contribution is 6.28. The quantitative estimate of drug-likeness (QED) is 0.773. The molecule has 24 heavy (non-hydrogen) atoms. The van der Waals surface area contributed by atoms with Gasteiger partial charge in [-0.1, -0.05) is 17.7 Å². The van der Waals surface area contributed by atoms with Crippen molar-refractivity contribution in [2.75, 3.05) is 42.8 Å². The number of hydrogen-bond acceptors (Lipinski definition) is 7. The van der Waals surface area contributed by atoms with Gasteiger partial charge in [0.05, 0.1) is 6.54 Å². The lowest BCUT2D eigenvalue weighted by Crippen LogP contribution is -2.20. The van der Waals surface area contributed by atoms with Crippen LogP contribution in [-0.4, -0.2) is 48.3 Å². The van der Waals surface area contributed by atoms with E-state index in [0.717, 1.165) is 5.56 Å². The number of nitrogens with one attached hydrogen (secondary N) is 2. The van der Waals surface area contributed by atoms with E-state index in [1.807, 2.05) is 31.2 Å². The molecule has 2 aromatic rings. The molecule has 1 amide bonds. The summed E-state index contributed by atoms with van der Waals surface area (Å²) in [7, 11) is 3.60. The Labute approximate surface area is 145 Å². The van der Waals surface area contributed by atoms with Crippen molar-refractivity contribution < 1.29 is 9.53 Å². The van der Waals surface area contributed by atoms with Crippen molar-refractivity contribution in [2.45, 2.75) is 6.92 Å². The predicted octanol–water partition coefficient (Wildman–Crippen LogP) is 2.56. The fourth-order valence-electron chi connectivity index (χ4n) is 1.72. The van der Waals surface area contributed by atoms with Crippen molar-refractivity contribution in [3.63, 3.8) is 0 Å². The van der Waals surface area contributed by atoms with Gasteiger partial charge in [-0.25, -0.2) is 4.79 Å². The molecule has 9 heteroatoms. The molecular formula is C15H19ClN6O2.